The molecule has 4 nitrogen and oxygen atoms in total. The standard InChI is InChI=1S/C39H30N4/c1-43-23-7-13-29-12-6-14-35(36(29)43)28-17-19-30(20-18-28)37-40-38(33-21-15-26-8-2-4-10-31(26)24-33)42-39(41-37)34-22-16-27-9-3-5-11-32(27)25-34/h2-22,24-25,38H,23H2,1H3,(H,40,41,42). The molecule has 8 rings (SSSR count). The van der Waals surface area contributed by atoms with Gasteiger partial charge in [0.25, 0.3) is 0 Å². The number of likely N-dealkylation sites (N-methyl/N-ethyl adjacent to an activating group) is 1. The van der Waals surface area contributed by atoms with E-state index in [1.54, 1.807) is 0 Å². The van der Waals surface area contributed by atoms with Crippen LogP contribution in [0.3, 0.4) is 0 Å². The summed E-state index contributed by atoms with van der Waals surface area (Å²) in [5.74, 6) is 1.64. The van der Waals surface area contributed by atoms with E-state index in [0.717, 1.165) is 34.9 Å². The molecule has 0 saturated carbocycles. The van der Waals surface area contributed by atoms with Crippen molar-refractivity contribution in [2.75, 3.05) is 18.5 Å². The lowest BCUT2D eigenvalue weighted by Crippen LogP contribution is -2.36. The number of aliphatic imine (C=N–C) groups is 2. The minimum absolute atomic E-state index is 0.358. The van der Waals surface area contributed by atoms with Gasteiger partial charge in [-0.15, -0.1) is 0 Å². The second-order valence-electron chi connectivity index (χ2n) is 11.2. The molecule has 0 saturated heterocycles. The van der Waals surface area contributed by atoms with Gasteiger partial charge in [0.1, 0.15) is 11.7 Å². The maximum absolute atomic E-state index is 5.15. The Labute approximate surface area is 251 Å². The molecule has 2 aliphatic heterocycles. The Balaban J connectivity index is 1.20. The number of fused-ring (bicyclic) bond motifs is 3. The molecule has 0 aliphatic carbocycles. The third-order valence-electron chi connectivity index (χ3n) is 8.43. The first kappa shape index (κ1) is 25.2. The number of hydrogen-bond acceptors (Lipinski definition) is 4. The van der Waals surface area contributed by atoms with Crippen LogP contribution in [-0.4, -0.2) is 25.3 Å². The number of amidine groups is 2. The van der Waals surface area contributed by atoms with E-state index >= 15 is 0 Å². The molecule has 1 N–H and O–H groups in total. The molecule has 0 radical (unpaired) electrons. The minimum Gasteiger partial charge on any atom is -0.370 e. The van der Waals surface area contributed by atoms with Gasteiger partial charge in [0.2, 0.25) is 0 Å². The van der Waals surface area contributed by atoms with Crippen LogP contribution in [0.2, 0.25) is 0 Å². The average Bonchev–Trinajstić information content (AvgIpc) is 3.07. The molecule has 43 heavy (non-hydrogen) atoms. The monoisotopic (exact) mass is 554 g/mol. The van der Waals surface area contributed by atoms with E-state index < -0.39 is 0 Å². The van der Waals surface area contributed by atoms with Gasteiger partial charge in [-0.2, -0.15) is 0 Å². The molecule has 2 heterocycles. The quantitative estimate of drug-likeness (QED) is 0.237. The highest BCUT2D eigenvalue weighted by molar-refractivity contribution is 6.16. The van der Waals surface area contributed by atoms with Crippen LogP contribution in [0.25, 0.3) is 38.7 Å². The fourth-order valence-electron chi connectivity index (χ4n) is 6.19. The van der Waals surface area contributed by atoms with Crippen molar-refractivity contribution < 1.29 is 0 Å². The molecule has 0 amide bonds. The molecule has 0 aromatic heterocycles. The maximum atomic E-state index is 5.15. The van der Waals surface area contributed by atoms with Gasteiger partial charge in [0.15, 0.2) is 6.17 Å². The van der Waals surface area contributed by atoms with Crippen LogP contribution in [0.4, 0.5) is 5.69 Å². The number of rotatable bonds is 4. The third-order valence-corrected chi connectivity index (χ3v) is 8.43. The van der Waals surface area contributed by atoms with Crippen LogP contribution >= 0.6 is 0 Å². The van der Waals surface area contributed by atoms with Crippen LogP contribution in [0.15, 0.2) is 143 Å². The molecule has 0 spiro atoms. The number of nitrogens with one attached hydrogen (secondary N) is 1. The fourth-order valence-corrected chi connectivity index (χ4v) is 6.19. The van der Waals surface area contributed by atoms with Gasteiger partial charge in [-0.3, -0.25) is 0 Å². The van der Waals surface area contributed by atoms with E-state index in [-0.39, 0.29) is 6.17 Å². The molecular weight excluding hydrogens is 524 g/mol. The van der Waals surface area contributed by atoms with Crippen LogP contribution < -0.4 is 10.2 Å². The summed E-state index contributed by atoms with van der Waals surface area (Å²) in [5.41, 5.74) is 8.09. The number of para-hydroxylation sites is 1. The Bertz CT molecular complexity index is 2100. The molecule has 6 aromatic rings. The van der Waals surface area contributed by atoms with Crippen LogP contribution in [0.5, 0.6) is 0 Å². The second-order valence-corrected chi connectivity index (χ2v) is 11.2. The Morgan fingerprint density at radius 1 is 0.605 bits per heavy atom. The van der Waals surface area contributed by atoms with Gasteiger partial charge in [-0.25, -0.2) is 9.98 Å². The van der Waals surface area contributed by atoms with E-state index in [4.69, 9.17) is 9.98 Å². The first-order chi connectivity index (χ1) is 21.2. The molecule has 4 heteroatoms. The van der Waals surface area contributed by atoms with Crippen molar-refractivity contribution in [3.8, 4) is 11.1 Å². The third kappa shape index (κ3) is 4.67. The van der Waals surface area contributed by atoms with Crippen LogP contribution in [-0.2, 0) is 0 Å². The Kier molecular flexibility index (Phi) is 6.11. The Morgan fingerprint density at radius 2 is 1.23 bits per heavy atom. The molecule has 2 aliphatic rings. The van der Waals surface area contributed by atoms with Crippen molar-refractivity contribution in [2.45, 2.75) is 6.17 Å². The summed E-state index contributed by atoms with van der Waals surface area (Å²) in [4.78, 5) is 12.6. The van der Waals surface area contributed by atoms with E-state index in [0.29, 0.717) is 0 Å². The van der Waals surface area contributed by atoms with Crippen molar-refractivity contribution in [2.24, 2.45) is 9.98 Å². The zero-order chi connectivity index (χ0) is 28.8. The fraction of sp³-hybridized carbons (Fsp3) is 0.0769. The Hall–Kier alpha value is -5.48. The number of hydrogen-bond donors (Lipinski definition) is 1. The summed E-state index contributed by atoms with van der Waals surface area (Å²) in [6.45, 7) is 0.913. The number of benzene rings is 6. The highest BCUT2D eigenvalue weighted by Crippen LogP contribution is 2.36. The van der Waals surface area contributed by atoms with Gasteiger partial charge in [0, 0.05) is 30.3 Å². The van der Waals surface area contributed by atoms with Crippen molar-refractivity contribution in [1.29, 1.82) is 0 Å². The van der Waals surface area contributed by atoms with Gasteiger partial charge in [-0.1, -0.05) is 127 Å². The summed E-state index contributed by atoms with van der Waals surface area (Å²) >= 11 is 0. The lowest BCUT2D eigenvalue weighted by atomic mass is 9.96. The Morgan fingerprint density at radius 3 is 2.00 bits per heavy atom. The summed E-state index contributed by atoms with van der Waals surface area (Å²) < 4.78 is 0. The predicted molar refractivity (Wildman–Crippen MR) is 181 cm³/mol. The summed E-state index contributed by atoms with van der Waals surface area (Å²) in [7, 11) is 2.15. The predicted octanol–water partition coefficient (Wildman–Crippen LogP) is 8.62. The molecule has 0 bridgehead atoms. The second kappa shape index (κ2) is 10.4. The summed E-state index contributed by atoms with van der Waals surface area (Å²) in [6, 6.07) is 45.1. The van der Waals surface area contributed by atoms with E-state index in [1.165, 1.54) is 43.9 Å². The largest absolute Gasteiger partial charge is 0.370 e. The molecule has 1 unspecified atom stereocenters. The van der Waals surface area contributed by atoms with Gasteiger partial charge >= 0.3 is 0 Å². The zero-order valence-electron chi connectivity index (χ0n) is 23.9. The van der Waals surface area contributed by atoms with Crippen LogP contribution in [0.1, 0.15) is 28.4 Å². The van der Waals surface area contributed by atoms with Crippen molar-refractivity contribution >= 4 is 45.0 Å². The molecular formula is C39H30N4. The molecule has 206 valence electrons. The van der Waals surface area contributed by atoms with E-state index in [1.807, 2.05) is 0 Å². The smallest absolute Gasteiger partial charge is 0.169 e. The summed E-state index contributed by atoms with van der Waals surface area (Å²) in [6.07, 6.45) is 4.07. The topological polar surface area (TPSA) is 40.0 Å². The zero-order valence-corrected chi connectivity index (χ0v) is 23.9. The van der Waals surface area contributed by atoms with Crippen molar-refractivity contribution in [1.82, 2.24) is 5.32 Å². The molecule has 6 aromatic carbocycles. The van der Waals surface area contributed by atoms with Gasteiger partial charge in [0.05, 0.1) is 5.69 Å². The average molecular weight is 555 g/mol. The summed E-state index contributed by atoms with van der Waals surface area (Å²) in [5, 5.41) is 8.38. The van der Waals surface area contributed by atoms with E-state index in [9.17, 15) is 0 Å². The number of anilines is 1. The highest BCUT2D eigenvalue weighted by atomic mass is 15.2. The van der Waals surface area contributed by atoms with Gasteiger partial charge in [-0.05, 0) is 50.4 Å². The van der Waals surface area contributed by atoms with Gasteiger partial charge < -0.3 is 10.2 Å². The lowest BCUT2D eigenvalue weighted by molar-refractivity contribution is 0.757. The van der Waals surface area contributed by atoms with Crippen molar-refractivity contribution in [3.05, 3.63) is 156 Å². The van der Waals surface area contributed by atoms with Crippen LogP contribution in [0, 0.1) is 0 Å². The number of nitrogens with zero attached hydrogens (tertiary/aromatic N) is 3. The first-order valence-corrected chi connectivity index (χ1v) is 14.7. The normalized spacial score (nSPS) is 16.0. The SMILES string of the molecule is CN1CC=Cc2cccc(-c3ccc(C4=NC(c5ccc6ccccc6c5)N=C(c5ccc6ccccc6c5)N4)cc3)c21. The maximum Gasteiger partial charge on any atom is 0.169 e. The highest BCUT2D eigenvalue weighted by Gasteiger charge is 2.22. The lowest BCUT2D eigenvalue weighted by Gasteiger charge is -2.27. The molecule has 1 atom stereocenters. The van der Waals surface area contributed by atoms with Crippen molar-refractivity contribution in [3.63, 3.8) is 0 Å². The minimum atomic E-state index is -0.358. The first-order valence-electron chi connectivity index (χ1n) is 14.7. The van der Waals surface area contributed by atoms with E-state index in [2.05, 4.69) is 157 Å². The molecule has 0 fully saturated rings.